The molecule has 0 bridgehead atoms. The van der Waals surface area contributed by atoms with Crippen LogP contribution in [0.1, 0.15) is 52.0 Å². The molecule has 0 heterocycles. The number of benzene rings is 1. The van der Waals surface area contributed by atoms with Gasteiger partial charge in [0.2, 0.25) is 0 Å². The van der Waals surface area contributed by atoms with Crippen molar-refractivity contribution in [1.29, 1.82) is 0 Å². The van der Waals surface area contributed by atoms with E-state index in [9.17, 15) is 4.39 Å². The van der Waals surface area contributed by atoms with Crippen LogP contribution in [-0.2, 0) is 6.42 Å². The van der Waals surface area contributed by atoms with E-state index in [1.807, 2.05) is 12.1 Å². The van der Waals surface area contributed by atoms with Crippen molar-refractivity contribution in [3.8, 4) is 0 Å². The summed E-state index contributed by atoms with van der Waals surface area (Å²) in [4.78, 5) is 0. The van der Waals surface area contributed by atoms with E-state index in [4.69, 9.17) is 0 Å². The van der Waals surface area contributed by atoms with Gasteiger partial charge in [-0.25, -0.2) is 4.39 Å². The molecule has 0 radical (unpaired) electrons. The van der Waals surface area contributed by atoms with Crippen LogP contribution in [0, 0.1) is 17.7 Å². The van der Waals surface area contributed by atoms with Crippen molar-refractivity contribution in [2.45, 2.75) is 58.4 Å². The fraction of sp³-hybridized carbons (Fsp3) is 0.667. The Morgan fingerprint density at radius 1 is 1.19 bits per heavy atom. The maximum atomic E-state index is 14.1. The van der Waals surface area contributed by atoms with Gasteiger partial charge in [0.1, 0.15) is 5.82 Å². The molecule has 1 aliphatic rings. The van der Waals surface area contributed by atoms with Crippen LogP contribution < -0.4 is 5.32 Å². The lowest BCUT2D eigenvalue weighted by Gasteiger charge is -2.34. The lowest BCUT2D eigenvalue weighted by atomic mass is 9.76. The minimum absolute atomic E-state index is 0.0718. The van der Waals surface area contributed by atoms with Gasteiger partial charge in [0.25, 0.3) is 0 Å². The third kappa shape index (κ3) is 5.37. The van der Waals surface area contributed by atoms with Crippen LogP contribution in [0.5, 0.6) is 0 Å². The topological polar surface area (TPSA) is 12.0 Å². The smallest absolute Gasteiger partial charge is 0.127 e. The molecule has 1 fully saturated rings. The number of nitrogens with one attached hydrogen (secondary N) is 1. The summed E-state index contributed by atoms with van der Waals surface area (Å²) in [5.74, 6) is 1.20. The predicted octanol–water partition coefficient (Wildman–Crippen LogP) is 5.33. The molecule has 118 valence electrons. The summed E-state index contributed by atoms with van der Waals surface area (Å²) in [6, 6.07) is 5.46. The third-order valence-electron chi connectivity index (χ3n) is 4.46. The van der Waals surface area contributed by atoms with Gasteiger partial charge in [0, 0.05) is 10.0 Å². The van der Waals surface area contributed by atoms with Crippen LogP contribution in [0.2, 0.25) is 0 Å². The van der Waals surface area contributed by atoms with E-state index in [-0.39, 0.29) is 11.4 Å². The van der Waals surface area contributed by atoms with E-state index in [0.717, 1.165) is 23.0 Å². The lowest BCUT2D eigenvalue weighted by Crippen LogP contribution is -2.41. The maximum Gasteiger partial charge on any atom is 0.127 e. The summed E-state index contributed by atoms with van der Waals surface area (Å²) in [6.45, 7) is 7.67. The van der Waals surface area contributed by atoms with Gasteiger partial charge in [-0.05, 0) is 76.1 Å². The zero-order valence-corrected chi connectivity index (χ0v) is 15.0. The molecule has 2 atom stereocenters. The first kappa shape index (κ1) is 17.0. The first-order chi connectivity index (χ1) is 9.85. The Hall–Kier alpha value is -0.410. The summed E-state index contributed by atoms with van der Waals surface area (Å²) in [5.41, 5.74) is 1.02. The molecule has 1 saturated carbocycles. The Bertz CT molecular complexity index is 467. The molecule has 2 rings (SSSR count). The van der Waals surface area contributed by atoms with Crippen LogP contribution in [-0.4, -0.2) is 12.1 Å². The molecule has 0 saturated heterocycles. The minimum atomic E-state index is -0.0718. The molecule has 1 N–H and O–H groups in total. The van der Waals surface area contributed by atoms with Gasteiger partial charge in [-0.15, -0.1) is 0 Å². The van der Waals surface area contributed by atoms with Gasteiger partial charge in [-0.1, -0.05) is 34.8 Å². The second-order valence-corrected chi connectivity index (χ2v) is 8.29. The Morgan fingerprint density at radius 2 is 1.86 bits per heavy atom. The van der Waals surface area contributed by atoms with Gasteiger partial charge in [-0.3, -0.25) is 0 Å². The van der Waals surface area contributed by atoms with E-state index in [1.165, 1.54) is 25.7 Å². The highest BCUT2D eigenvalue weighted by molar-refractivity contribution is 9.10. The van der Waals surface area contributed by atoms with E-state index < -0.39 is 0 Å². The number of rotatable bonds is 4. The van der Waals surface area contributed by atoms with Gasteiger partial charge < -0.3 is 5.32 Å². The molecule has 1 nitrogen and oxygen atoms in total. The third-order valence-corrected chi connectivity index (χ3v) is 4.95. The second-order valence-electron chi connectivity index (χ2n) is 7.38. The molecule has 1 aromatic carbocycles. The van der Waals surface area contributed by atoms with Crippen LogP contribution in [0.4, 0.5) is 4.39 Å². The van der Waals surface area contributed by atoms with E-state index in [0.29, 0.717) is 11.8 Å². The highest BCUT2D eigenvalue weighted by Gasteiger charge is 2.27. The molecule has 0 amide bonds. The summed E-state index contributed by atoms with van der Waals surface area (Å²) in [7, 11) is 0. The van der Waals surface area contributed by atoms with Crippen LogP contribution >= 0.6 is 15.9 Å². The summed E-state index contributed by atoms with van der Waals surface area (Å²) < 4.78 is 14.9. The second kappa shape index (κ2) is 7.23. The standard InChI is InChI=1S/C18H27BrFN/c1-18(2,3)21-12-15-7-5-4-6-13(15)10-14-8-9-16(19)11-17(14)20/h8-9,11,13,15,21H,4-7,10,12H2,1-3H3. The monoisotopic (exact) mass is 355 g/mol. The Kier molecular flexibility index (Phi) is 5.84. The fourth-order valence-electron chi connectivity index (χ4n) is 3.23. The zero-order chi connectivity index (χ0) is 15.5. The van der Waals surface area contributed by atoms with Crippen molar-refractivity contribution in [1.82, 2.24) is 5.32 Å². The highest BCUT2D eigenvalue weighted by Crippen LogP contribution is 2.33. The van der Waals surface area contributed by atoms with E-state index in [2.05, 4.69) is 42.0 Å². The molecule has 2 unspecified atom stereocenters. The summed E-state index contributed by atoms with van der Waals surface area (Å²) >= 11 is 3.33. The van der Waals surface area contributed by atoms with Gasteiger partial charge in [-0.2, -0.15) is 0 Å². The SMILES string of the molecule is CC(C)(C)NCC1CCCCC1Cc1ccc(Br)cc1F. The van der Waals surface area contributed by atoms with Crippen LogP contribution in [0.15, 0.2) is 22.7 Å². The molecular formula is C18H27BrFN. The van der Waals surface area contributed by atoms with E-state index in [1.54, 1.807) is 6.07 Å². The van der Waals surface area contributed by atoms with Crippen LogP contribution in [0.3, 0.4) is 0 Å². The quantitative estimate of drug-likeness (QED) is 0.769. The lowest BCUT2D eigenvalue weighted by molar-refractivity contribution is 0.212. The van der Waals surface area contributed by atoms with Crippen molar-refractivity contribution in [2.75, 3.05) is 6.54 Å². The molecular weight excluding hydrogens is 329 g/mol. The number of halogens is 2. The first-order valence-corrected chi connectivity index (χ1v) is 8.83. The zero-order valence-electron chi connectivity index (χ0n) is 13.4. The molecule has 0 aliphatic heterocycles. The van der Waals surface area contributed by atoms with Crippen molar-refractivity contribution in [2.24, 2.45) is 11.8 Å². The van der Waals surface area contributed by atoms with Crippen LogP contribution in [0.25, 0.3) is 0 Å². The minimum Gasteiger partial charge on any atom is -0.312 e. The molecule has 21 heavy (non-hydrogen) atoms. The summed E-state index contributed by atoms with van der Waals surface area (Å²) in [5, 5.41) is 3.63. The molecule has 0 spiro atoms. The molecule has 0 aromatic heterocycles. The normalized spacial score (nSPS) is 23.3. The predicted molar refractivity (Wildman–Crippen MR) is 91.0 cm³/mol. The van der Waals surface area contributed by atoms with Crippen molar-refractivity contribution in [3.05, 3.63) is 34.1 Å². The Balaban J connectivity index is 2.01. The summed E-state index contributed by atoms with van der Waals surface area (Å²) in [6.07, 6.45) is 5.97. The molecule has 3 heteroatoms. The van der Waals surface area contributed by atoms with Crippen molar-refractivity contribution < 1.29 is 4.39 Å². The maximum absolute atomic E-state index is 14.1. The fourth-order valence-corrected chi connectivity index (χ4v) is 3.56. The molecule has 1 aromatic rings. The van der Waals surface area contributed by atoms with E-state index >= 15 is 0 Å². The highest BCUT2D eigenvalue weighted by atomic mass is 79.9. The number of hydrogen-bond donors (Lipinski definition) is 1. The van der Waals surface area contributed by atoms with Crippen molar-refractivity contribution >= 4 is 15.9 Å². The number of hydrogen-bond acceptors (Lipinski definition) is 1. The average Bonchev–Trinajstić information content (AvgIpc) is 2.40. The Morgan fingerprint density at radius 3 is 2.48 bits per heavy atom. The largest absolute Gasteiger partial charge is 0.312 e. The van der Waals surface area contributed by atoms with Gasteiger partial charge in [0.05, 0.1) is 0 Å². The van der Waals surface area contributed by atoms with Gasteiger partial charge >= 0.3 is 0 Å². The first-order valence-electron chi connectivity index (χ1n) is 8.04. The molecule has 1 aliphatic carbocycles. The van der Waals surface area contributed by atoms with Gasteiger partial charge in [0.15, 0.2) is 0 Å². The van der Waals surface area contributed by atoms with Crippen molar-refractivity contribution in [3.63, 3.8) is 0 Å². The average molecular weight is 356 g/mol. The Labute approximate surface area is 136 Å².